The van der Waals surface area contributed by atoms with Gasteiger partial charge in [-0.15, -0.1) is 0 Å². The molecule has 1 N–H and O–H groups in total. The number of esters is 2. The van der Waals surface area contributed by atoms with Crippen LogP contribution in [0.1, 0.15) is 20.7 Å². The number of benzene rings is 2. The van der Waals surface area contributed by atoms with Gasteiger partial charge in [-0.1, -0.05) is 17.7 Å². The summed E-state index contributed by atoms with van der Waals surface area (Å²) in [6.07, 6.45) is 0. The maximum Gasteiger partial charge on any atom is 0.338 e. The second-order valence-corrected chi connectivity index (χ2v) is 5.45. The van der Waals surface area contributed by atoms with Crippen LogP contribution in [0.4, 0.5) is 5.69 Å². The molecule has 0 bridgehead atoms. The Bertz CT molecular complexity index is 836. The predicted octanol–water partition coefficient (Wildman–Crippen LogP) is 2.93. The molecule has 0 aliphatic heterocycles. The number of hydrogen-bond donors (Lipinski definition) is 1. The van der Waals surface area contributed by atoms with Crippen molar-refractivity contribution in [1.29, 1.82) is 0 Å². The number of anilines is 1. The first-order valence-electron chi connectivity index (χ1n) is 7.43. The first-order chi connectivity index (χ1) is 12.4. The van der Waals surface area contributed by atoms with Crippen LogP contribution in [0.15, 0.2) is 42.5 Å². The minimum atomic E-state index is -0.737. The van der Waals surface area contributed by atoms with Crippen molar-refractivity contribution in [3.8, 4) is 5.75 Å². The van der Waals surface area contributed by atoms with Crippen LogP contribution in [0, 0.1) is 0 Å². The van der Waals surface area contributed by atoms with Crippen molar-refractivity contribution in [3.63, 3.8) is 0 Å². The van der Waals surface area contributed by atoms with E-state index in [0.717, 1.165) is 0 Å². The number of hydrogen-bond acceptors (Lipinski definition) is 6. The number of amides is 1. The zero-order valence-electron chi connectivity index (χ0n) is 14.1. The number of methoxy groups -OCH3 is 2. The lowest BCUT2D eigenvalue weighted by Gasteiger charge is -2.09. The van der Waals surface area contributed by atoms with E-state index in [0.29, 0.717) is 16.5 Å². The van der Waals surface area contributed by atoms with Gasteiger partial charge < -0.3 is 19.5 Å². The Hall–Kier alpha value is -3.06. The number of rotatable bonds is 6. The summed E-state index contributed by atoms with van der Waals surface area (Å²) in [4.78, 5) is 35.4. The first kappa shape index (κ1) is 19.3. The smallest absolute Gasteiger partial charge is 0.338 e. The first-order valence-corrected chi connectivity index (χ1v) is 7.81. The molecule has 2 aromatic rings. The van der Waals surface area contributed by atoms with Gasteiger partial charge in [-0.25, -0.2) is 9.59 Å². The average molecular weight is 378 g/mol. The summed E-state index contributed by atoms with van der Waals surface area (Å²) in [7, 11) is 2.72. The Morgan fingerprint density at radius 2 is 1.69 bits per heavy atom. The molecule has 26 heavy (non-hydrogen) atoms. The van der Waals surface area contributed by atoms with Crippen LogP contribution in [0.25, 0.3) is 0 Å². The Morgan fingerprint density at radius 3 is 2.31 bits per heavy atom. The monoisotopic (exact) mass is 377 g/mol. The van der Waals surface area contributed by atoms with Crippen molar-refractivity contribution < 1.29 is 28.6 Å². The molecule has 0 saturated heterocycles. The van der Waals surface area contributed by atoms with E-state index in [9.17, 15) is 14.4 Å². The third-order valence-electron chi connectivity index (χ3n) is 3.29. The largest absolute Gasteiger partial charge is 0.495 e. The highest BCUT2D eigenvalue weighted by molar-refractivity contribution is 6.32. The Labute approximate surface area is 154 Å². The van der Waals surface area contributed by atoms with Gasteiger partial charge in [0, 0.05) is 5.69 Å². The highest BCUT2D eigenvalue weighted by Gasteiger charge is 2.14. The summed E-state index contributed by atoms with van der Waals surface area (Å²) in [5.74, 6) is -1.38. The van der Waals surface area contributed by atoms with E-state index in [1.54, 1.807) is 12.1 Å². The van der Waals surface area contributed by atoms with E-state index < -0.39 is 24.5 Å². The summed E-state index contributed by atoms with van der Waals surface area (Å²) in [6, 6.07) is 10.5. The van der Waals surface area contributed by atoms with E-state index in [1.165, 1.54) is 44.6 Å². The quantitative estimate of drug-likeness (QED) is 0.778. The van der Waals surface area contributed by atoms with Gasteiger partial charge in [0.2, 0.25) is 0 Å². The third kappa shape index (κ3) is 4.97. The van der Waals surface area contributed by atoms with Crippen molar-refractivity contribution in [3.05, 3.63) is 58.6 Å². The van der Waals surface area contributed by atoms with Crippen LogP contribution < -0.4 is 10.1 Å². The minimum absolute atomic E-state index is 0.133. The van der Waals surface area contributed by atoms with Crippen molar-refractivity contribution in [2.45, 2.75) is 0 Å². The molecule has 0 aliphatic rings. The Balaban J connectivity index is 1.93. The minimum Gasteiger partial charge on any atom is -0.495 e. The number of halogens is 1. The maximum absolute atomic E-state index is 12.0. The van der Waals surface area contributed by atoms with Gasteiger partial charge in [-0.2, -0.15) is 0 Å². The number of nitrogens with one attached hydrogen (secondary N) is 1. The standard InChI is InChI=1S/C18H16ClNO6/c1-24-15-7-6-13(9-14(15)19)20-16(21)10-26-18(23)12-5-3-4-11(8-12)17(22)25-2/h3-9H,10H2,1-2H3,(H,20,21). The normalized spacial score (nSPS) is 9.96. The fourth-order valence-corrected chi connectivity index (χ4v) is 2.30. The number of ether oxygens (including phenoxy) is 3. The van der Waals surface area contributed by atoms with E-state index in [4.69, 9.17) is 21.1 Å². The topological polar surface area (TPSA) is 90.9 Å². The molecular weight excluding hydrogens is 362 g/mol. The molecule has 2 rings (SSSR count). The fourth-order valence-electron chi connectivity index (χ4n) is 2.05. The summed E-state index contributed by atoms with van der Waals surface area (Å²) >= 11 is 5.97. The Kier molecular flexibility index (Phi) is 6.57. The SMILES string of the molecule is COC(=O)c1cccc(C(=O)OCC(=O)Nc2ccc(OC)c(Cl)c2)c1. The van der Waals surface area contributed by atoms with Crippen molar-refractivity contribution in [2.75, 3.05) is 26.1 Å². The zero-order valence-corrected chi connectivity index (χ0v) is 14.8. The van der Waals surface area contributed by atoms with Crippen LogP contribution in [-0.4, -0.2) is 38.7 Å². The molecule has 0 saturated carbocycles. The van der Waals surface area contributed by atoms with E-state index in [2.05, 4.69) is 10.1 Å². The molecule has 0 heterocycles. The van der Waals surface area contributed by atoms with Crippen molar-refractivity contribution >= 4 is 35.1 Å². The Morgan fingerprint density at radius 1 is 1.00 bits per heavy atom. The summed E-state index contributed by atoms with van der Waals surface area (Å²) < 4.78 is 14.6. The number of carbonyl (C=O) groups excluding carboxylic acids is 3. The second-order valence-electron chi connectivity index (χ2n) is 5.05. The lowest BCUT2D eigenvalue weighted by atomic mass is 10.1. The fraction of sp³-hybridized carbons (Fsp3) is 0.167. The third-order valence-corrected chi connectivity index (χ3v) is 3.58. The van der Waals surface area contributed by atoms with Crippen LogP contribution >= 0.6 is 11.6 Å². The van der Waals surface area contributed by atoms with Gasteiger partial charge in [0.1, 0.15) is 5.75 Å². The lowest BCUT2D eigenvalue weighted by Crippen LogP contribution is -2.21. The molecule has 1 amide bonds. The molecule has 8 heteroatoms. The molecule has 0 atom stereocenters. The van der Waals surface area contributed by atoms with Crippen molar-refractivity contribution in [1.82, 2.24) is 0 Å². The van der Waals surface area contributed by atoms with Crippen LogP contribution in [0.5, 0.6) is 5.75 Å². The van der Waals surface area contributed by atoms with Crippen LogP contribution in [0.3, 0.4) is 0 Å². The van der Waals surface area contributed by atoms with Gasteiger partial charge in [-0.05, 0) is 36.4 Å². The van der Waals surface area contributed by atoms with Gasteiger partial charge in [0.15, 0.2) is 6.61 Å². The molecule has 0 aromatic heterocycles. The van der Waals surface area contributed by atoms with Crippen LogP contribution in [-0.2, 0) is 14.3 Å². The molecule has 0 fully saturated rings. The molecule has 0 spiro atoms. The molecule has 136 valence electrons. The molecule has 0 unspecified atom stereocenters. The molecule has 0 aliphatic carbocycles. The molecule has 2 aromatic carbocycles. The van der Waals surface area contributed by atoms with E-state index in [-0.39, 0.29) is 11.1 Å². The van der Waals surface area contributed by atoms with Crippen molar-refractivity contribution in [2.24, 2.45) is 0 Å². The van der Waals surface area contributed by atoms with E-state index in [1.807, 2.05) is 0 Å². The summed E-state index contributed by atoms with van der Waals surface area (Å²) in [5, 5.41) is 2.88. The average Bonchev–Trinajstić information content (AvgIpc) is 2.65. The maximum atomic E-state index is 12.0. The van der Waals surface area contributed by atoms with Gasteiger partial charge in [0.25, 0.3) is 5.91 Å². The zero-order chi connectivity index (χ0) is 19.1. The van der Waals surface area contributed by atoms with Gasteiger partial charge in [0.05, 0.1) is 30.4 Å². The highest BCUT2D eigenvalue weighted by Crippen LogP contribution is 2.27. The predicted molar refractivity (Wildman–Crippen MR) is 94.7 cm³/mol. The molecular formula is C18H16ClNO6. The summed E-state index contributed by atoms with van der Waals surface area (Å²) in [6.45, 7) is -0.495. The molecule has 7 nitrogen and oxygen atoms in total. The van der Waals surface area contributed by atoms with Gasteiger partial charge in [-0.3, -0.25) is 4.79 Å². The lowest BCUT2D eigenvalue weighted by molar-refractivity contribution is -0.119. The number of carbonyl (C=O) groups is 3. The molecule has 0 radical (unpaired) electrons. The summed E-state index contributed by atoms with van der Waals surface area (Å²) in [5.41, 5.74) is 0.775. The highest BCUT2D eigenvalue weighted by atomic mass is 35.5. The van der Waals surface area contributed by atoms with Crippen LogP contribution in [0.2, 0.25) is 5.02 Å². The second kappa shape index (κ2) is 8.87. The van der Waals surface area contributed by atoms with E-state index >= 15 is 0 Å². The van der Waals surface area contributed by atoms with Gasteiger partial charge >= 0.3 is 11.9 Å².